The van der Waals surface area contributed by atoms with Crippen LogP contribution in [0.25, 0.3) is 16.7 Å². The van der Waals surface area contributed by atoms with E-state index in [-0.39, 0.29) is 24.0 Å². The summed E-state index contributed by atoms with van der Waals surface area (Å²) in [5.41, 5.74) is 1.60. The van der Waals surface area contributed by atoms with E-state index >= 15 is 0 Å². The molecule has 5 rings (SSSR count). The van der Waals surface area contributed by atoms with Crippen LogP contribution in [0.2, 0.25) is 0 Å². The van der Waals surface area contributed by atoms with Gasteiger partial charge in [0.25, 0.3) is 5.56 Å². The Bertz CT molecular complexity index is 1400. The third-order valence-corrected chi connectivity index (χ3v) is 5.87. The molecule has 0 radical (unpaired) electrons. The van der Waals surface area contributed by atoms with Gasteiger partial charge in [-0.3, -0.25) is 9.59 Å². The number of methoxy groups -OCH3 is 1. The summed E-state index contributed by atoms with van der Waals surface area (Å²) < 4.78 is 17.6. The molecule has 0 fully saturated rings. The molecule has 0 saturated heterocycles. The number of nitrogens with zero attached hydrogens (tertiary/aromatic N) is 3. The highest BCUT2D eigenvalue weighted by Gasteiger charge is 2.16. The van der Waals surface area contributed by atoms with Crippen LogP contribution in [0.5, 0.6) is 17.2 Å². The monoisotopic (exact) mass is 465 g/mol. The van der Waals surface area contributed by atoms with Gasteiger partial charge in [-0.15, -0.1) is 0 Å². The van der Waals surface area contributed by atoms with Crippen molar-refractivity contribution in [3.8, 4) is 22.9 Å². The summed E-state index contributed by atoms with van der Waals surface area (Å²) in [7, 11) is 1.56. The second-order valence-electron chi connectivity index (χ2n) is 7.09. The lowest BCUT2D eigenvalue weighted by Gasteiger charge is -2.09. The zero-order chi connectivity index (χ0) is 22.8. The maximum absolute atomic E-state index is 12.5. The highest BCUT2D eigenvalue weighted by molar-refractivity contribution is 7.99. The number of para-hydroxylation sites is 2. The van der Waals surface area contributed by atoms with E-state index in [0.29, 0.717) is 45.7 Å². The van der Waals surface area contributed by atoms with Crippen molar-refractivity contribution in [1.29, 1.82) is 0 Å². The van der Waals surface area contributed by atoms with Gasteiger partial charge in [0.1, 0.15) is 16.8 Å². The molecule has 0 unspecified atom stereocenters. The zero-order valence-corrected chi connectivity index (χ0v) is 18.3. The first-order chi connectivity index (χ1) is 16.1. The average molecular weight is 465 g/mol. The quantitative estimate of drug-likeness (QED) is 0.315. The Morgan fingerprint density at radius 2 is 2.09 bits per heavy atom. The Morgan fingerprint density at radius 3 is 2.97 bits per heavy atom. The van der Waals surface area contributed by atoms with E-state index in [0.717, 1.165) is 17.3 Å². The second-order valence-corrected chi connectivity index (χ2v) is 8.05. The first-order valence-electron chi connectivity index (χ1n) is 10.0. The number of amides is 1. The van der Waals surface area contributed by atoms with Crippen molar-refractivity contribution in [1.82, 2.24) is 25.1 Å². The van der Waals surface area contributed by atoms with Gasteiger partial charge >= 0.3 is 0 Å². The molecule has 0 aliphatic carbocycles. The molecule has 1 amide bonds. The smallest absolute Gasteiger partial charge is 0.262 e. The molecule has 4 aromatic rings. The van der Waals surface area contributed by atoms with Gasteiger partial charge in [0.15, 0.2) is 22.3 Å². The maximum atomic E-state index is 12.5. The van der Waals surface area contributed by atoms with Gasteiger partial charge in [-0.25, -0.2) is 9.67 Å². The van der Waals surface area contributed by atoms with Crippen LogP contribution in [0.4, 0.5) is 0 Å². The van der Waals surface area contributed by atoms with E-state index in [2.05, 4.69) is 20.4 Å². The van der Waals surface area contributed by atoms with E-state index in [1.165, 1.54) is 6.20 Å². The topological polar surface area (TPSA) is 120 Å². The largest absolute Gasteiger partial charge is 0.494 e. The molecular weight excluding hydrogens is 446 g/mol. The van der Waals surface area contributed by atoms with Gasteiger partial charge in [0, 0.05) is 6.54 Å². The molecule has 33 heavy (non-hydrogen) atoms. The van der Waals surface area contributed by atoms with Crippen molar-refractivity contribution >= 4 is 28.7 Å². The summed E-state index contributed by atoms with van der Waals surface area (Å²) in [4.78, 5) is 32.1. The standard InChI is InChI=1S/C22H19N5O5S/c1-30-16-5-3-2-4-15(16)27-20-14(10-24-27)21(29)26-22(25-20)33-11-19(28)23-9-13-6-7-17-18(8-13)32-12-31-17/h2-8,10H,9,11-12H2,1H3,(H,23,28)(H,25,26,29). The number of thioether (sulfide) groups is 1. The van der Waals surface area contributed by atoms with Crippen LogP contribution in [0, 0.1) is 0 Å². The lowest BCUT2D eigenvalue weighted by atomic mass is 10.2. The molecule has 3 heterocycles. The number of rotatable bonds is 7. The number of fused-ring (bicyclic) bond motifs is 2. The minimum absolute atomic E-state index is 0.0851. The van der Waals surface area contributed by atoms with Crippen molar-refractivity contribution in [2.45, 2.75) is 11.7 Å². The van der Waals surface area contributed by atoms with Crippen LogP contribution in [0.3, 0.4) is 0 Å². The highest BCUT2D eigenvalue weighted by atomic mass is 32.2. The predicted molar refractivity (Wildman–Crippen MR) is 121 cm³/mol. The average Bonchev–Trinajstić information content (AvgIpc) is 3.48. The molecule has 168 valence electrons. The fourth-order valence-corrected chi connectivity index (χ4v) is 4.07. The summed E-state index contributed by atoms with van der Waals surface area (Å²) >= 11 is 1.13. The van der Waals surface area contributed by atoms with E-state index < -0.39 is 0 Å². The molecule has 0 atom stereocenters. The number of hydrogen-bond donors (Lipinski definition) is 2. The Hall–Kier alpha value is -3.99. The van der Waals surface area contributed by atoms with E-state index in [1.54, 1.807) is 17.9 Å². The fraction of sp³-hybridized carbons (Fsp3) is 0.182. The third kappa shape index (κ3) is 4.22. The number of nitrogens with one attached hydrogen (secondary N) is 2. The number of aromatic amines is 1. The van der Waals surface area contributed by atoms with Gasteiger partial charge < -0.3 is 24.5 Å². The van der Waals surface area contributed by atoms with Crippen molar-refractivity contribution in [3.63, 3.8) is 0 Å². The molecule has 11 heteroatoms. The third-order valence-electron chi connectivity index (χ3n) is 5.00. The summed E-state index contributed by atoms with van der Waals surface area (Å²) in [6.45, 7) is 0.548. The Balaban J connectivity index is 1.29. The molecule has 2 aromatic heterocycles. The lowest BCUT2D eigenvalue weighted by molar-refractivity contribution is -0.118. The number of hydrogen-bond acceptors (Lipinski definition) is 8. The predicted octanol–water partition coefficient (Wildman–Crippen LogP) is 2.25. The number of carbonyl (C=O) groups is 1. The first kappa shape index (κ1) is 20.9. The SMILES string of the molecule is COc1ccccc1-n1ncc2c(=O)[nH]c(SCC(=O)NCc3ccc4c(c3)OCO4)nc21. The molecular formula is C22H19N5O5S. The number of H-pyrrole nitrogens is 1. The van der Waals surface area contributed by atoms with Crippen molar-refractivity contribution < 1.29 is 19.0 Å². The molecule has 0 spiro atoms. The molecule has 0 saturated carbocycles. The normalized spacial score (nSPS) is 12.2. The van der Waals surface area contributed by atoms with Gasteiger partial charge in [0.05, 0.1) is 19.1 Å². The number of benzene rings is 2. The highest BCUT2D eigenvalue weighted by Crippen LogP contribution is 2.32. The van der Waals surface area contributed by atoms with E-state index in [1.807, 2.05) is 36.4 Å². The van der Waals surface area contributed by atoms with Crippen LogP contribution in [-0.4, -0.2) is 45.3 Å². The Morgan fingerprint density at radius 1 is 1.24 bits per heavy atom. The summed E-state index contributed by atoms with van der Waals surface area (Å²) in [5, 5.41) is 7.82. The maximum Gasteiger partial charge on any atom is 0.262 e. The molecule has 1 aliphatic heterocycles. The molecule has 10 nitrogen and oxygen atoms in total. The number of aromatic nitrogens is 4. The first-order valence-corrected chi connectivity index (χ1v) is 11.0. The minimum Gasteiger partial charge on any atom is -0.494 e. The van der Waals surface area contributed by atoms with Crippen LogP contribution in [0.1, 0.15) is 5.56 Å². The molecule has 0 bridgehead atoms. The number of ether oxygens (including phenoxy) is 3. The summed E-state index contributed by atoms with van der Waals surface area (Å²) in [6.07, 6.45) is 1.46. The minimum atomic E-state index is -0.329. The van der Waals surface area contributed by atoms with E-state index in [9.17, 15) is 9.59 Å². The van der Waals surface area contributed by atoms with Crippen LogP contribution in [-0.2, 0) is 11.3 Å². The van der Waals surface area contributed by atoms with Crippen molar-refractivity contribution in [3.05, 3.63) is 64.6 Å². The Labute approximate surface area is 191 Å². The van der Waals surface area contributed by atoms with Gasteiger partial charge in [-0.05, 0) is 29.8 Å². The fourth-order valence-electron chi connectivity index (χ4n) is 3.38. The number of carbonyl (C=O) groups excluding carboxylic acids is 1. The van der Waals surface area contributed by atoms with Gasteiger partial charge in [-0.2, -0.15) is 5.10 Å². The van der Waals surface area contributed by atoms with E-state index in [4.69, 9.17) is 14.2 Å². The summed E-state index contributed by atoms with van der Waals surface area (Å²) in [5.74, 6) is 1.85. The molecule has 1 aliphatic rings. The van der Waals surface area contributed by atoms with Crippen LogP contribution < -0.4 is 25.1 Å². The Kier molecular flexibility index (Phi) is 5.61. The van der Waals surface area contributed by atoms with Crippen molar-refractivity contribution in [2.75, 3.05) is 19.7 Å². The van der Waals surface area contributed by atoms with Crippen molar-refractivity contribution in [2.24, 2.45) is 0 Å². The molecule has 2 N–H and O–H groups in total. The van der Waals surface area contributed by atoms with Gasteiger partial charge in [-0.1, -0.05) is 30.0 Å². The van der Waals surface area contributed by atoms with Crippen LogP contribution >= 0.6 is 11.8 Å². The second kappa shape index (κ2) is 8.87. The van der Waals surface area contributed by atoms with Crippen LogP contribution in [0.15, 0.2) is 58.6 Å². The lowest BCUT2D eigenvalue weighted by Crippen LogP contribution is -2.24. The van der Waals surface area contributed by atoms with Gasteiger partial charge in [0.2, 0.25) is 12.7 Å². The zero-order valence-electron chi connectivity index (χ0n) is 17.5. The molecule has 2 aromatic carbocycles. The summed E-state index contributed by atoms with van der Waals surface area (Å²) in [6, 6.07) is 12.8.